The molecule has 0 aliphatic carbocycles. The van der Waals surface area contributed by atoms with Crippen LogP contribution >= 0.6 is 0 Å². The lowest BCUT2D eigenvalue weighted by atomic mass is 9.77. The number of amides is 1. The molecule has 4 rings (SSSR count). The number of rotatable bonds is 7. The summed E-state index contributed by atoms with van der Waals surface area (Å²) >= 11 is 0. The van der Waals surface area contributed by atoms with Gasteiger partial charge < -0.3 is 10.4 Å². The van der Waals surface area contributed by atoms with Gasteiger partial charge in [0.1, 0.15) is 18.5 Å². The van der Waals surface area contributed by atoms with Gasteiger partial charge in [0.25, 0.3) is 11.5 Å². The van der Waals surface area contributed by atoms with Gasteiger partial charge in [-0.15, -0.1) is 0 Å². The van der Waals surface area contributed by atoms with E-state index >= 15 is 0 Å². The summed E-state index contributed by atoms with van der Waals surface area (Å²) in [7, 11) is 0. The number of carbonyl (C=O) groups excluding carboxylic acids is 1. The van der Waals surface area contributed by atoms with Gasteiger partial charge >= 0.3 is 0 Å². The van der Waals surface area contributed by atoms with Crippen molar-refractivity contribution in [1.82, 2.24) is 29.6 Å². The molecule has 1 amide bonds. The van der Waals surface area contributed by atoms with E-state index in [1.165, 1.54) is 10.9 Å². The molecule has 2 N–H and O–H groups in total. The summed E-state index contributed by atoms with van der Waals surface area (Å²) in [6.07, 6.45) is 7.69. The van der Waals surface area contributed by atoms with Crippen LogP contribution in [-0.2, 0) is 18.5 Å². The standard InChI is InChI=1S/C23H28N6O3.C2H6/c1-3-4-10-23(2)11-7-12-28-21(32)19(30)18(27-22(23)28)20(31)25-13-16-8-5-6-9-17(16)29-15-24-14-26-29;1-2/h5-6,8-9,14-15,30H,3-4,7,10-13H2,1-2H3,(H,25,31);1-2H3. The summed E-state index contributed by atoms with van der Waals surface area (Å²) in [5.74, 6) is -0.594. The van der Waals surface area contributed by atoms with Crippen LogP contribution in [0.4, 0.5) is 0 Å². The molecule has 9 heteroatoms. The van der Waals surface area contributed by atoms with Gasteiger partial charge in [0.05, 0.1) is 5.69 Å². The highest BCUT2D eigenvalue weighted by Crippen LogP contribution is 2.36. The van der Waals surface area contributed by atoms with E-state index in [2.05, 4.69) is 34.2 Å². The summed E-state index contributed by atoms with van der Waals surface area (Å²) in [6, 6.07) is 7.48. The molecule has 1 aliphatic heterocycles. The van der Waals surface area contributed by atoms with E-state index in [9.17, 15) is 14.7 Å². The molecule has 0 saturated heterocycles. The molecule has 1 unspecified atom stereocenters. The van der Waals surface area contributed by atoms with Gasteiger partial charge in [-0.25, -0.2) is 14.6 Å². The van der Waals surface area contributed by atoms with Gasteiger partial charge in [-0.3, -0.25) is 14.2 Å². The van der Waals surface area contributed by atoms with Crippen LogP contribution < -0.4 is 10.9 Å². The Hall–Kier alpha value is -3.49. The van der Waals surface area contributed by atoms with E-state index in [4.69, 9.17) is 0 Å². The zero-order valence-electron chi connectivity index (χ0n) is 20.4. The number of benzene rings is 1. The fourth-order valence-electron chi connectivity index (χ4n) is 4.39. The van der Waals surface area contributed by atoms with E-state index in [-0.39, 0.29) is 17.7 Å². The average molecular weight is 467 g/mol. The monoisotopic (exact) mass is 466 g/mol. The number of fused-ring (bicyclic) bond motifs is 1. The number of unbranched alkanes of at least 4 members (excludes halogenated alkanes) is 1. The highest BCUT2D eigenvalue weighted by Gasteiger charge is 2.36. The van der Waals surface area contributed by atoms with Crippen LogP contribution in [0.1, 0.15) is 81.7 Å². The van der Waals surface area contributed by atoms with Crippen molar-refractivity contribution in [2.45, 2.75) is 78.3 Å². The minimum Gasteiger partial charge on any atom is -0.501 e. The summed E-state index contributed by atoms with van der Waals surface area (Å²) in [6.45, 7) is 8.90. The first-order chi connectivity index (χ1) is 16.4. The fraction of sp³-hybridized carbons (Fsp3) is 0.480. The lowest BCUT2D eigenvalue weighted by Gasteiger charge is -2.35. The predicted octanol–water partition coefficient (Wildman–Crippen LogP) is 3.73. The van der Waals surface area contributed by atoms with Gasteiger partial charge in [0.15, 0.2) is 5.69 Å². The van der Waals surface area contributed by atoms with Crippen LogP contribution in [0.5, 0.6) is 5.75 Å². The second-order valence-corrected chi connectivity index (χ2v) is 8.51. The van der Waals surface area contributed by atoms with Crippen LogP contribution in [-0.4, -0.2) is 35.3 Å². The van der Waals surface area contributed by atoms with Crippen molar-refractivity contribution in [2.24, 2.45) is 0 Å². The quantitative estimate of drug-likeness (QED) is 0.548. The molecule has 1 atom stereocenters. The number of aromatic hydroxyl groups is 1. The van der Waals surface area contributed by atoms with Crippen molar-refractivity contribution in [3.05, 3.63) is 64.4 Å². The minimum absolute atomic E-state index is 0.182. The molecule has 1 aliphatic rings. The molecule has 0 saturated carbocycles. The Balaban J connectivity index is 0.00000158. The summed E-state index contributed by atoms with van der Waals surface area (Å²) < 4.78 is 3.15. The molecule has 9 nitrogen and oxygen atoms in total. The minimum atomic E-state index is -0.601. The zero-order chi connectivity index (χ0) is 24.7. The van der Waals surface area contributed by atoms with Crippen LogP contribution in [0, 0.1) is 0 Å². The maximum absolute atomic E-state index is 13.0. The second-order valence-electron chi connectivity index (χ2n) is 8.51. The molecule has 0 spiro atoms. The van der Waals surface area contributed by atoms with Crippen LogP contribution in [0.3, 0.4) is 0 Å². The first-order valence-electron chi connectivity index (χ1n) is 12.0. The molecule has 34 heavy (non-hydrogen) atoms. The van der Waals surface area contributed by atoms with Gasteiger partial charge in [-0.1, -0.05) is 58.7 Å². The summed E-state index contributed by atoms with van der Waals surface area (Å²) in [5.41, 5.74) is 0.527. The molecule has 182 valence electrons. The van der Waals surface area contributed by atoms with Crippen LogP contribution in [0.15, 0.2) is 41.7 Å². The number of aromatic nitrogens is 5. The largest absolute Gasteiger partial charge is 0.501 e. The Kier molecular flexibility index (Phi) is 8.20. The lowest BCUT2D eigenvalue weighted by Crippen LogP contribution is -2.40. The zero-order valence-corrected chi connectivity index (χ0v) is 20.4. The van der Waals surface area contributed by atoms with Gasteiger partial charge in [0.2, 0.25) is 5.75 Å². The van der Waals surface area contributed by atoms with E-state index in [0.29, 0.717) is 12.4 Å². The molecule has 0 fully saturated rings. The third-order valence-electron chi connectivity index (χ3n) is 6.19. The number of hydrogen-bond acceptors (Lipinski definition) is 6. The maximum atomic E-state index is 13.0. The third kappa shape index (κ3) is 5.03. The van der Waals surface area contributed by atoms with Crippen molar-refractivity contribution in [1.29, 1.82) is 0 Å². The Morgan fingerprint density at radius 1 is 1.26 bits per heavy atom. The molecule has 1 aromatic carbocycles. The second kappa shape index (κ2) is 11.1. The van der Waals surface area contributed by atoms with Crippen molar-refractivity contribution in [3.63, 3.8) is 0 Å². The SMILES string of the molecule is CC.CCCCC1(C)CCCn2c1nc(C(=O)NCc1ccccc1-n1cncn1)c(O)c2=O. The molecule has 0 bridgehead atoms. The topological polar surface area (TPSA) is 115 Å². The highest BCUT2D eigenvalue weighted by molar-refractivity contribution is 5.94. The first-order valence-corrected chi connectivity index (χ1v) is 12.0. The number of hydrogen-bond donors (Lipinski definition) is 2. The van der Waals surface area contributed by atoms with Gasteiger partial charge in [-0.05, 0) is 30.9 Å². The average Bonchev–Trinajstić information content (AvgIpc) is 3.40. The molecular formula is C25H34N6O3. The van der Waals surface area contributed by atoms with E-state index in [1.807, 2.05) is 38.1 Å². The first kappa shape index (κ1) is 25.1. The normalized spacial score (nSPS) is 16.8. The van der Waals surface area contributed by atoms with Gasteiger partial charge in [0, 0.05) is 18.5 Å². The van der Waals surface area contributed by atoms with E-state index < -0.39 is 17.2 Å². The Morgan fingerprint density at radius 3 is 2.74 bits per heavy atom. The highest BCUT2D eigenvalue weighted by atomic mass is 16.3. The fourth-order valence-corrected chi connectivity index (χ4v) is 4.39. The Labute approximate surface area is 199 Å². The van der Waals surface area contributed by atoms with E-state index in [0.717, 1.165) is 43.4 Å². The number of carbonyl (C=O) groups is 1. The van der Waals surface area contributed by atoms with Crippen molar-refractivity contribution >= 4 is 5.91 Å². The van der Waals surface area contributed by atoms with Gasteiger partial charge in [-0.2, -0.15) is 5.10 Å². The third-order valence-corrected chi connectivity index (χ3v) is 6.19. The van der Waals surface area contributed by atoms with Crippen LogP contribution in [0.2, 0.25) is 0 Å². The number of para-hydroxylation sites is 1. The molecule has 3 heterocycles. The molecule has 3 aromatic rings. The maximum Gasteiger partial charge on any atom is 0.296 e. The smallest absolute Gasteiger partial charge is 0.296 e. The van der Waals surface area contributed by atoms with Crippen LogP contribution in [0.25, 0.3) is 5.69 Å². The number of nitrogens with zero attached hydrogens (tertiary/aromatic N) is 5. The lowest BCUT2D eigenvalue weighted by molar-refractivity contribution is 0.0940. The van der Waals surface area contributed by atoms with Crippen molar-refractivity contribution < 1.29 is 9.90 Å². The molecule has 2 aromatic heterocycles. The number of nitrogens with one attached hydrogen (secondary N) is 1. The van der Waals surface area contributed by atoms with Crippen molar-refractivity contribution in [2.75, 3.05) is 0 Å². The summed E-state index contributed by atoms with van der Waals surface area (Å²) in [4.78, 5) is 34.3. The molecule has 0 radical (unpaired) electrons. The Bertz CT molecular complexity index is 1170. The predicted molar refractivity (Wildman–Crippen MR) is 130 cm³/mol. The molecular weight excluding hydrogens is 432 g/mol. The van der Waals surface area contributed by atoms with E-state index in [1.54, 1.807) is 11.0 Å². The van der Waals surface area contributed by atoms with Crippen molar-refractivity contribution in [3.8, 4) is 11.4 Å². The summed E-state index contributed by atoms with van der Waals surface area (Å²) in [5, 5.41) is 17.4. The Morgan fingerprint density at radius 2 is 2.03 bits per heavy atom.